The molecule has 0 bridgehead atoms. The van der Waals surface area contributed by atoms with Crippen LogP contribution in [0.25, 0.3) is 0 Å². The Labute approximate surface area is 87.1 Å². The highest BCUT2D eigenvalue weighted by Crippen LogP contribution is 2.37. The van der Waals surface area contributed by atoms with Crippen LogP contribution < -0.4 is 0 Å². The van der Waals surface area contributed by atoms with E-state index >= 15 is 0 Å². The molecule has 78 valence electrons. The van der Waals surface area contributed by atoms with E-state index in [4.69, 9.17) is 0 Å². The summed E-state index contributed by atoms with van der Waals surface area (Å²) in [5.74, 6) is 0. The fourth-order valence-electron chi connectivity index (χ4n) is 2.50. The summed E-state index contributed by atoms with van der Waals surface area (Å²) in [5.41, 5.74) is 3.26. The van der Waals surface area contributed by atoms with Crippen molar-refractivity contribution in [3.05, 3.63) is 23.5 Å². The second kappa shape index (κ2) is 3.15. The summed E-state index contributed by atoms with van der Waals surface area (Å²) in [4.78, 5) is 0. The van der Waals surface area contributed by atoms with Crippen molar-refractivity contribution < 1.29 is 0 Å². The highest BCUT2D eigenvalue weighted by Gasteiger charge is 2.27. The minimum atomic E-state index is 0.281. The van der Waals surface area contributed by atoms with Gasteiger partial charge >= 0.3 is 0 Å². The molecule has 1 saturated carbocycles. The van der Waals surface area contributed by atoms with Gasteiger partial charge in [-0.15, -0.1) is 0 Å². The number of aromatic nitrogens is 1. The van der Waals surface area contributed by atoms with E-state index in [1.54, 1.807) is 0 Å². The zero-order valence-electron chi connectivity index (χ0n) is 9.80. The van der Waals surface area contributed by atoms with Crippen LogP contribution in [0.2, 0.25) is 0 Å². The normalized spacial score (nSPS) is 18.3. The first kappa shape index (κ1) is 9.82. The van der Waals surface area contributed by atoms with E-state index in [9.17, 15) is 0 Å². The standard InChI is InChI=1S/C13H21N/c1-10-8-9-14(11-6-5-7-11)12(10)13(2,3)4/h8-9,11H,5-7H2,1-4H3. The third kappa shape index (κ3) is 1.49. The molecule has 1 aromatic heterocycles. The van der Waals surface area contributed by atoms with E-state index in [0.717, 1.165) is 6.04 Å². The summed E-state index contributed by atoms with van der Waals surface area (Å²) in [6.45, 7) is 9.16. The summed E-state index contributed by atoms with van der Waals surface area (Å²) < 4.78 is 2.51. The molecule has 14 heavy (non-hydrogen) atoms. The van der Waals surface area contributed by atoms with Crippen molar-refractivity contribution in [3.8, 4) is 0 Å². The van der Waals surface area contributed by atoms with Crippen LogP contribution in [0.4, 0.5) is 0 Å². The van der Waals surface area contributed by atoms with Gasteiger partial charge in [-0.25, -0.2) is 0 Å². The SMILES string of the molecule is Cc1ccn(C2CCC2)c1C(C)(C)C. The summed E-state index contributed by atoms with van der Waals surface area (Å²) in [6.07, 6.45) is 6.43. The maximum Gasteiger partial charge on any atom is 0.0333 e. The molecule has 1 aromatic rings. The first-order valence-electron chi connectivity index (χ1n) is 5.68. The second-order valence-corrected chi connectivity index (χ2v) is 5.59. The summed E-state index contributed by atoms with van der Waals surface area (Å²) in [7, 11) is 0. The fraction of sp³-hybridized carbons (Fsp3) is 0.692. The van der Waals surface area contributed by atoms with Gasteiger partial charge in [0.2, 0.25) is 0 Å². The van der Waals surface area contributed by atoms with Crippen LogP contribution >= 0.6 is 0 Å². The topological polar surface area (TPSA) is 4.93 Å². The van der Waals surface area contributed by atoms with Gasteiger partial charge in [0.25, 0.3) is 0 Å². The Bertz CT molecular complexity index is 323. The largest absolute Gasteiger partial charge is 0.348 e. The van der Waals surface area contributed by atoms with Crippen LogP contribution in [-0.2, 0) is 5.41 Å². The number of aryl methyl sites for hydroxylation is 1. The van der Waals surface area contributed by atoms with Crippen LogP contribution in [-0.4, -0.2) is 4.57 Å². The third-order valence-electron chi connectivity index (χ3n) is 3.30. The van der Waals surface area contributed by atoms with E-state index in [1.165, 1.54) is 30.5 Å². The van der Waals surface area contributed by atoms with Crippen molar-refractivity contribution in [2.75, 3.05) is 0 Å². The monoisotopic (exact) mass is 191 g/mol. The van der Waals surface area contributed by atoms with Gasteiger partial charge in [0.05, 0.1) is 0 Å². The van der Waals surface area contributed by atoms with Crippen molar-refractivity contribution in [1.82, 2.24) is 4.57 Å². The van der Waals surface area contributed by atoms with Crippen LogP contribution in [0.3, 0.4) is 0 Å². The highest BCUT2D eigenvalue weighted by molar-refractivity contribution is 5.28. The molecule has 0 N–H and O–H groups in total. The molecule has 1 heterocycles. The van der Waals surface area contributed by atoms with Crippen LogP contribution in [0, 0.1) is 6.92 Å². The Balaban J connectivity index is 2.40. The Hall–Kier alpha value is -0.720. The first-order valence-corrected chi connectivity index (χ1v) is 5.68. The molecule has 0 atom stereocenters. The lowest BCUT2D eigenvalue weighted by molar-refractivity contribution is 0.296. The molecule has 1 fully saturated rings. The summed E-state index contributed by atoms with van der Waals surface area (Å²) >= 11 is 0. The average molecular weight is 191 g/mol. The van der Waals surface area contributed by atoms with Gasteiger partial charge in [-0.05, 0) is 37.8 Å². The minimum Gasteiger partial charge on any atom is -0.348 e. The summed E-state index contributed by atoms with van der Waals surface area (Å²) in [5, 5.41) is 0. The molecule has 0 saturated heterocycles. The number of hydrogen-bond donors (Lipinski definition) is 0. The van der Waals surface area contributed by atoms with Crippen molar-refractivity contribution in [1.29, 1.82) is 0 Å². The van der Waals surface area contributed by atoms with Crippen LogP contribution in [0.1, 0.15) is 57.3 Å². The van der Waals surface area contributed by atoms with Crippen molar-refractivity contribution >= 4 is 0 Å². The molecule has 0 aromatic carbocycles. The second-order valence-electron chi connectivity index (χ2n) is 5.59. The Morgan fingerprint density at radius 1 is 1.29 bits per heavy atom. The number of hydrogen-bond acceptors (Lipinski definition) is 0. The predicted octanol–water partition coefficient (Wildman–Crippen LogP) is 3.82. The molecule has 0 amide bonds. The average Bonchev–Trinajstić information content (AvgIpc) is 2.26. The fourth-order valence-corrected chi connectivity index (χ4v) is 2.50. The zero-order chi connectivity index (χ0) is 10.3. The van der Waals surface area contributed by atoms with Gasteiger partial charge in [0.15, 0.2) is 0 Å². The van der Waals surface area contributed by atoms with Crippen LogP contribution in [0.15, 0.2) is 12.3 Å². The lowest BCUT2D eigenvalue weighted by Gasteiger charge is -2.33. The van der Waals surface area contributed by atoms with Crippen molar-refractivity contribution in [2.45, 2.75) is 58.4 Å². The quantitative estimate of drug-likeness (QED) is 0.636. The lowest BCUT2D eigenvalue weighted by Crippen LogP contribution is -2.25. The lowest BCUT2D eigenvalue weighted by atomic mass is 9.87. The molecule has 0 aliphatic heterocycles. The van der Waals surface area contributed by atoms with E-state index in [1.807, 2.05) is 0 Å². The van der Waals surface area contributed by atoms with Gasteiger partial charge in [-0.3, -0.25) is 0 Å². The molecular weight excluding hydrogens is 170 g/mol. The van der Waals surface area contributed by atoms with Gasteiger partial charge in [-0.2, -0.15) is 0 Å². The zero-order valence-corrected chi connectivity index (χ0v) is 9.80. The summed E-state index contributed by atoms with van der Waals surface area (Å²) in [6, 6.07) is 3.05. The van der Waals surface area contributed by atoms with E-state index in [-0.39, 0.29) is 5.41 Å². The van der Waals surface area contributed by atoms with E-state index in [0.29, 0.717) is 0 Å². The maximum atomic E-state index is 2.51. The van der Waals surface area contributed by atoms with Crippen molar-refractivity contribution in [3.63, 3.8) is 0 Å². The van der Waals surface area contributed by atoms with Crippen LogP contribution in [0.5, 0.6) is 0 Å². The van der Waals surface area contributed by atoms with Crippen molar-refractivity contribution in [2.24, 2.45) is 0 Å². The van der Waals surface area contributed by atoms with Gasteiger partial charge < -0.3 is 4.57 Å². The number of rotatable bonds is 1. The molecule has 0 spiro atoms. The predicted molar refractivity (Wildman–Crippen MR) is 60.8 cm³/mol. The molecule has 1 aliphatic carbocycles. The molecule has 1 aliphatic rings. The Kier molecular flexibility index (Phi) is 2.21. The third-order valence-corrected chi connectivity index (χ3v) is 3.30. The molecule has 1 nitrogen and oxygen atoms in total. The minimum absolute atomic E-state index is 0.281. The smallest absolute Gasteiger partial charge is 0.0333 e. The van der Waals surface area contributed by atoms with Gasteiger partial charge in [-0.1, -0.05) is 20.8 Å². The number of nitrogens with zero attached hydrogens (tertiary/aromatic N) is 1. The molecule has 1 heteroatoms. The Morgan fingerprint density at radius 2 is 1.93 bits per heavy atom. The molecular formula is C13H21N. The molecule has 0 radical (unpaired) electrons. The van der Waals surface area contributed by atoms with Gasteiger partial charge in [0.1, 0.15) is 0 Å². The Morgan fingerprint density at radius 3 is 2.36 bits per heavy atom. The van der Waals surface area contributed by atoms with E-state index < -0.39 is 0 Å². The molecule has 0 unspecified atom stereocenters. The highest BCUT2D eigenvalue weighted by atomic mass is 15.0. The van der Waals surface area contributed by atoms with Gasteiger partial charge in [0, 0.05) is 23.3 Å². The molecule has 2 rings (SSSR count). The maximum absolute atomic E-state index is 2.51. The van der Waals surface area contributed by atoms with E-state index in [2.05, 4.69) is 44.5 Å². The first-order chi connectivity index (χ1) is 6.50.